The standard InChI is InChI=1S/C28H48N6O6S3/c1-14(2)11-16-5-10-39-23-17(12-16)13-30-19(23)25(38)31-18(24-21(36)20(35)22(37)26(40-24)41-4)15(3)42-28-33-32-27(43-28)34-8-6-29-7-9-34/h14-24,26,29-30,35-37H,5-13H2,1-4H3,(H,31,38)/t15-,16-,17-,18+,19-,20-,21+,22+,23+,24+,26+/m0/s1. The van der Waals surface area contributed by atoms with Crippen LogP contribution in [0, 0.1) is 17.8 Å². The summed E-state index contributed by atoms with van der Waals surface area (Å²) in [6.07, 6.45) is -0.265. The molecule has 6 N–H and O–H groups in total. The van der Waals surface area contributed by atoms with Gasteiger partial charge in [0.2, 0.25) is 11.0 Å². The predicted octanol–water partition coefficient (Wildman–Crippen LogP) is 0.513. The highest BCUT2D eigenvalue weighted by atomic mass is 32.2. The van der Waals surface area contributed by atoms with E-state index in [1.165, 1.54) is 34.9 Å². The quantitative estimate of drug-likeness (QED) is 0.193. The average Bonchev–Trinajstić information content (AvgIpc) is 3.57. The number of piperazine rings is 1. The molecule has 4 fully saturated rings. The van der Waals surface area contributed by atoms with Crippen molar-refractivity contribution in [2.24, 2.45) is 17.8 Å². The van der Waals surface area contributed by atoms with Crippen molar-refractivity contribution < 1.29 is 29.6 Å². The van der Waals surface area contributed by atoms with E-state index in [1.54, 1.807) is 6.26 Å². The van der Waals surface area contributed by atoms with Gasteiger partial charge in [-0.25, -0.2) is 0 Å². The molecule has 5 rings (SSSR count). The van der Waals surface area contributed by atoms with Crippen LogP contribution >= 0.6 is 34.9 Å². The smallest absolute Gasteiger partial charge is 0.240 e. The van der Waals surface area contributed by atoms with Gasteiger partial charge in [0.15, 0.2) is 4.34 Å². The fourth-order valence-corrected chi connectivity index (χ4v) is 9.78. The molecule has 0 aliphatic carbocycles. The van der Waals surface area contributed by atoms with Gasteiger partial charge in [0.05, 0.1) is 12.1 Å². The lowest BCUT2D eigenvalue weighted by atomic mass is 9.85. The van der Waals surface area contributed by atoms with Crippen LogP contribution in [0.4, 0.5) is 5.13 Å². The Hall–Kier alpha value is -0.750. The third-order valence-corrected chi connectivity index (χ3v) is 12.2. The number of amides is 1. The molecule has 4 aliphatic heterocycles. The molecule has 0 bridgehead atoms. The number of anilines is 1. The van der Waals surface area contributed by atoms with Crippen molar-refractivity contribution in [2.45, 2.75) is 97.7 Å². The summed E-state index contributed by atoms with van der Waals surface area (Å²) in [5.74, 6) is 1.24. The maximum Gasteiger partial charge on any atom is 0.240 e. The zero-order valence-corrected chi connectivity index (χ0v) is 27.9. The van der Waals surface area contributed by atoms with Crippen molar-refractivity contribution in [3.63, 3.8) is 0 Å². The Morgan fingerprint density at radius 3 is 2.65 bits per heavy atom. The summed E-state index contributed by atoms with van der Waals surface area (Å²) in [7, 11) is 0. The first-order chi connectivity index (χ1) is 20.7. The number of carbonyl (C=O) groups is 1. The number of rotatable bonds is 10. The molecule has 0 radical (unpaired) electrons. The van der Waals surface area contributed by atoms with Crippen molar-refractivity contribution in [2.75, 3.05) is 50.5 Å². The first kappa shape index (κ1) is 33.6. The highest BCUT2D eigenvalue weighted by molar-refractivity contribution is 8.01. The fourth-order valence-electron chi connectivity index (χ4n) is 6.82. The number of nitrogens with zero attached hydrogens (tertiary/aromatic N) is 3. The van der Waals surface area contributed by atoms with E-state index in [1.807, 2.05) is 6.92 Å². The number of aliphatic hydroxyl groups is 3. The molecule has 5 heterocycles. The van der Waals surface area contributed by atoms with Crippen LogP contribution in [0.1, 0.15) is 40.0 Å². The molecular formula is C28H48N6O6S3. The van der Waals surface area contributed by atoms with E-state index in [0.29, 0.717) is 25.0 Å². The number of thioether (sulfide) groups is 2. The minimum absolute atomic E-state index is 0.219. The van der Waals surface area contributed by atoms with Gasteiger partial charge in [-0.3, -0.25) is 4.79 Å². The maximum absolute atomic E-state index is 13.9. The third kappa shape index (κ3) is 7.98. The Balaban J connectivity index is 1.32. The zero-order valence-electron chi connectivity index (χ0n) is 25.4. The molecule has 1 amide bonds. The van der Waals surface area contributed by atoms with Gasteiger partial charge in [0.25, 0.3) is 0 Å². The van der Waals surface area contributed by atoms with Gasteiger partial charge in [-0.2, -0.15) is 0 Å². The molecule has 0 spiro atoms. The number of carbonyl (C=O) groups excluding carboxylic acids is 1. The molecule has 0 unspecified atom stereocenters. The van der Waals surface area contributed by atoms with E-state index in [4.69, 9.17) is 9.47 Å². The molecule has 15 heteroatoms. The molecule has 43 heavy (non-hydrogen) atoms. The van der Waals surface area contributed by atoms with Crippen LogP contribution in [-0.4, -0.2) is 130 Å². The molecule has 0 saturated carbocycles. The number of fused-ring (bicyclic) bond motifs is 1. The van der Waals surface area contributed by atoms with Crippen molar-refractivity contribution >= 4 is 45.9 Å². The van der Waals surface area contributed by atoms with Crippen molar-refractivity contribution in [1.82, 2.24) is 26.1 Å². The first-order valence-electron chi connectivity index (χ1n) is 15.5. The van der Waals surface area contributed by atoms with E-state index in [9.17, 15) is 20.1 Å². The van der Waals surface area contributed by atoms with Gasteiger partial charge in [0.1, 0.15) is 35.9 Å². The van der Waals surface area contributed by atoms with E-state index in [0.717, 1.165) is 54.9 Å². The summed E-state index contributed by atoms with van der Waals surface area (Å²) in [5.41, 5.74) is -0.752. The SMILES string of the molecule is CS[C@H]1O[C@H]([C@H](NC(=O)[C@H]2NC[C@@H]3C[C@H](CC(C)C)CCO[C@H]32)[C@H](C)Sc2nnc(N3CCNCC3)s2)[C@H](O)[C@H](O)[C@H]1O. The Labute approximate surface area is 266 Å². The largest absolute Gasteiger partial charge is 0.388 e. The number of aliphatic hydroxyl groups excluding tert-OH is 3. The zero-order chi connectivity index (χ0) is 30.7. The van der Waals surface area contributed by atoms with Crippen molar-refractivity contribution in [3.8, 4) is 0 Å². The Kier molecular flexibility index (Phi) is 11.9. The molecule has 1 aromatic rings. The normalized spacial score (nSPS) is 36.7. The topological polar surface area (TPSA) is 161 Å². The minimum atomic E-state index is -1.41. The van der Waals surface area contributed by atoms with Gasteiger partial charge in [-0.1, -0.05) is 43.9 Å². The third-order valence-electron chi connectivity index (χ3n) is 9.03. The first-order valence-corrected chi connectivity index (χ1v) is 18.5. The lowest BCUT2D eigenvalue weighted by molar-refractivity contribution is -0.205. The number of nitrogens with one attached hydrogen (secondary N) is 3. The number of ether oxygens (including phenoxy) is 2. The summed E-state index contributed by atoms with van der Waals surface area (Å²) in [5, 5.41) is 51.6. The maximum atomic E-state index is 13.9. The summed E-state index contributed by atoms with van der Waals surface area (Å²) in [6.45, 7) is 11.3. The number of aromatic nitrogens is 2. The van der Waals surface area contributed by atoms with Crippen molar-refractivity contribution in [1.29, 1.82) is 0 Å². The fraction of sp³-hybridized carbons (Fsp3) is 0.893. The monoisotopic (exact) mass is 660 g/mol. The second-order valence-electron chi connectivity index (χ2n) is 12.6. The second-order valence-corrected chi connectivity index (χ2v) is 16.1. The molecule has 4 saturated heterocycles. The molecule has 0 aromatic carbocycles. The Morgan fingerprint density at radius 2 is 1.93 bits per heavy atom. The molecular weight excluding hydrogens is 613 g/mol. The highest BCUT2D eigenvalue weighted by Crippen LogP contribution is 2.37. The average molecular weight is 661 g/mol. The molecule has 11 atom stereocenters. The second kappa shape index (κ2) is 15.2. The van der Waals surface area contributed by atoms with E-state index in [-0.39, 0.29) is 23.2 Å². The van der Waals surface area contributed by atoms with E-state index < -0.39 is 41.9 Å². The predicted molar refractivity (Wildman–Crippen MR) is 170 cm³/mol. The van der Waals surface area contributed by atoms with Crippen LogP contribution in [0.15, 0.2) is 4.34 Å². The summed E-state index contributed by atoms with van der Waals surface area (Å²) in [6, 6.07) is -1.23. The van der Waals surface area contributed by atoms with E-state index in [2.05, 4.69) is 44.9 Å². The number of hydrogen-bond acceptors (Lipinski definition) is 14. The van der Waals surface area contributed by atoms with Gasteiger partial charge >= 0.3 is 0 Å². The molecule has 4 aliphatic rings. The van der Waals surface area contributed by atoms with Crippen LogP contribution < -0.4 is 20.9 Å². The van der Waals surface area contributed by atoms with Gasteiger partial charge in [-0.15, -0.1) is 22.0 Å². The lowest BCUT2D eigenvalue weighted by Crippen LogP contribution is -2.65. The van der Waals surface area contributed by atoms with Crippen molar-refractivity contribution in [3.05, 3.63) is 0 Å². The number of hydrogen-bond donors (Lipinski definition) is 6. The van der Waals surface area contributed by atoms with Crippen LogP contribution in [0.5, 0.6) is 0 Å². The van der Waals surface area contributed by atoms with Crippen LogP contribution in [0.2, 0.25) is 0 Å². The molecule has 1 aromatic heterocycles. The van der Waals surface area contributed by atoms with Gasteiger partial charge < -0.3 is 45.6 Å². The molecule has 244 valence electrons. The van der Waals surface area contributed by atoms with E-state index >= 15 is 0 Å². The lowest BCUT2D eigenvalue weighted by Gasteiger charge is -2.44. The van der Waals surface area contributed by atoms with Gasteiger partial charge in [-0.05, 0) is 43.3 Å². The molecule has 12 nitrogen and oxygen atoms in total. The Bertz CT molecular complexity index is 1050. The highest BCUT2D eigenvalue weighted by Gasteiger charge is 2.50. The summed E-state index contributed by atoms with van der Waals surface area (Å²) < 4.78 is 13.2. The van der Waals surface area contributed by atoms with Crippen LogP contribution in [0.25, 0.3) is 0 Å². The Morgan fingerprint density at radius 1 is 1.16 bits per heavy atom. The van der Waals surface area contributed by atoms with Crippen LogP contribution in [-0.2, 0) is 14.3 Å². The summed E-state index contributed by atoms with van der Waals surface area (Å²) in [4.78, 5) is 16.1. The van der Waals surface area contributed by atoms with Gasteiger partial charge in [0, 0.05) is 44.6 Å². The van der Waals surface area contributed by atoms with Crippen LogP contribution in [0.3, 0.4) is 0 Å². The minimum Gasteiger partial charge on any atom is -0.388 e. The summed E-state index contributed by atoms with van der Waals surface area (Å²) >= 11 is 4.21.